The highest BCUT2D eigenvalue weighted by atomic mass is 16.5. The number of nitrogens with zero attached hydrogens (tertiary/aromatic N) is 2. The van der Waals surface area contributed by atoms with Crippen molar-refractivity contribution in [2.45, 2.75) is 6.92 Å². The lowest BCUT2D eigenvalue weighted by atomic mass is 10.1. The van der Waals surface area contributed by atoms with E-state index in [1.165, 1.54) is 6.92 Å². The van der Waals surface area contributed by atoms with Crippen LogP contribution in [-0.4, -0.2) is 23.0 Å². The molecule has 3 rings (SSSR count). The van der Waals surface area contributed by atoms with Crippen LogP contribution in [0.2, 0.25) is 0 Å². The zero-order chi connectivity index (χ0) is 16.9. The third-order valence-corrected chi connectivity index (χ3v) is 3.50. The van der Waals surface area contributed by atoms with Crippen molar-refractivity contribution in [3.63, 3.8) is 0 Å². The van der Waals surface area contributed by atoms with Crippen molar-refractivity contribution in [1.82, 2.24) is 9.97 Å². The van der Waals surface area contributed by atoms with Gasteiger partial charge in [0.15, 0.2) is 0 Å². The predicted octanol–water partition coefficient (Wildman–Crippen LogP) is 3.78. The lowest BCUT2D eigenvalue weighted by Gasteiger charge is -2.07. The van der Waals surface area contributed by atoms with E-state index >= 15 is 0 Å². The molecular formula is C19H17N3O2. The molecular weight excluding hydrogens is 302 g/mol. The van der Waals surface area contributed by atoms with Crippen LogP contribution in [0.5, 0.6) is 5.75 Å². The molecule has 3 aromatic rings. The van der Waals surface area contributed by atoms with Gasteiger partial charge in [-0.2, -0.15) is 0 Å². The predicted molar refractivity (Wildman–Crippen MR) is 93.8 cm³/mol. The minimum atomic E-state index is -0.106. The van der Waals surface area contributed by atoms with Crippen LogP contribution in [0.4, 0.5) is 5.69 Å². The number of carbonyl (C=O) groups is 1. The molecule has 24 heavy (non-hydrogen) atoms. The molecule has 0 fully saturated rings. The minimum absolute atomic E-state index is 0.106. The van der Waals surface area contributed by atoms with Gasteiger partial charge in [-0.1, -0.05) is 12.1 Å². The number of benzene rings is 2. The number of hydrogen-bond donors (Lipinski definition) is 1. The lowest BCUT2D eigenvalue weighted by molar-refractivity contribution is -0.114. The van der Waals surface area contributed by atoms with Gasteiger partial charge < -0.3 is 10.1 Å². The second-order valence-electron chi connectivity index (χ2n) is 5.28. The molecule has 1 amide bonds. The Bertz CT molecular complexity index is 860. The average molecular weight is 319 g/mol. The number of hydrogen-bond acceptors (Lipinski definition) is 4. The van der Waals surface area contributed by atoms with Crippen LogP contribution in [0.25, 0.3) is 22.5 Å². The summed E-state index contributed by atoms with van der Waals surface area (Å²) >= 11 is 0. The second kappa shape index (κ2) is 6.91. The van der Waals surface area contributed by atoms with E-state index in [9.17, 15) is 4.79 Å². The van der Waals surface area contributed by atoms with Gasteiger partial charge in [-0.3, -0.25) is 9.78 Å². The van der Waals surface area contributed by atoms with Gasteiger partial charge in [0.1, 0.15) is 5.75 Å². The number of amides is 1. The molecule has 5 nitrogen and oxygen atoms in total. The van der Waals surface area contributed by atoms with Crippen molar-refractivity contribution in [1.29, 1.82) is 0 Å². The van der Waals surface area contributed by atoms with E-state index in [2.05, 4.69) is 15.3 Å². The zero-order valence-electron chi connectivity index (χ0n) is 13.5. The third-order valence-electron chi connectivity index (χ3n) is 3.50. The van der Waals surface area contributed by atoms with Crippen LogP contribution in [-0.2, 0) is 4.79 Å². The SMILES string of the molecule is COc1ccc(-c2cncc(-c3cccc(NC(C)=O)c3)n2)cc1. The Morgan fingerprint density at radius 1 is 1.00 bits per heavy atom. The number of ether oxygens (including phenoxy) is 1. The highest BCUT2D eigenvalue weighted by molar-refractivity contribution is 5.89. The summed E-state index contributed by atoms with van der Waals surface area (Å²) in [4.78, 5) is 20.2. The van der Waals surface area contributed by atoms with E-state index in [1.54, 1.807) is 19.5 Å². The van der Waals surface area contributed by atoms with E-state index in [4.69, 9.17) is 4.74 Å². The normalized spacial score (nSPS) is 10.2. The Kier molecular flexibility index (Phi) is 4.52. The van der Waals surface area contributed by atoms with Crippen LogP contribution in [0, 0.1) is 0 Å². The standard InChI is InChI=1S/C19H17N3O2/c1-13(23)21-16-5-3-4-15(10-16)19-12-20-11-18(22-19)14-6-8-17(24-2)9-7-14/h3-12H,1-2H3,(H,21,23). The summed E-state index contributed by atoms with van der Waals surface area (Å²) in [7, 11) is 1.64. The van der Waals surface area contributed by atoms with Gasteiger partial charge in [0.25, 0.3) is 0 Å². The maximum atomic E-state index is 11.2. The molecule has 0 aliphatic heterocycles. The van der Waals surface area contributed by atoms with Crippen molar-refractivity contribution in [2.75, 3.05) is 12.4 Å². The summed E-state index contributed by atoms with van der Waals surface area (Å²) in [6.45, 7) is 1.48. The molecule has 0 spiro atoms. The third kappa shape index (κ3) is 3.57. The Hall–Kier alpha value is -3.21. The number of rotatable bonds is 4. The van der Waals surface area contributed by atoms with Crippen molar-refractivity contribution < 1.29 is 9.53 Å². The quantitative estimate of drug-likeness (QED) is 0.795. The summed E-state index contributed by atoms with van der Waals surface area (Å²) in [6.07, 6.45) is 3.43. The first-order valence-electron chi connectivity index (χ1n) is 7.50. The van der Waals surface area contributed by atoms with Crippen molar-refractivity contribution in [3.8, 4) is 28.3 Å². The average Bonchev–Trinajstić information content (AvgIpc) is 2.62. The van der Waals surface area contributed by atoms with Gasteiger partial charge in [0.05, 0.1) is 30.9 Å². The molecule has 2 aromatic carbocycles. The summed E-state index contributed by atoms with van der Waals surface area (Å²) in [5.74, 6) is 0.691. The van der Waals surface area contributed by atoms with Gasteiger partial charge in [0, 0.05) is 23.7 Å². The number of anilines is 1. The maximum Gasteiger partial charge on any atom is 0.221 e. The largest absolute Gasteiger partial charge is 0.497 e. The van der Waals surface area contributed by atoms with Crippen molar-refractivity contribution in [2.24, 2.45) is 0 Å². The number of aromatic nitrogens is 2. The first kappa shape index (κ1) is 15.7. The first-order valence-corrected chi connectivity index (χ1v) is 7.50. The molecule has 0 radical (unpaired) electrons. The molecule has 0 bridgehead atoms. The smallest absolute Gasteiger partial charge is 0.221 e. The number of carbonyl (C=O) groups excluding carboxylic acids is 1. The molecule has 0 unspecified atom stereocenters. The number of nitrogens with one attached hydrogen (secondary N) is 1. The molecule has 1 heterocycles. The molecule has 0 saturated heterocycles. The maximum absolute atomic E-state index is 11.2. The first-order chi connectivity index (χ1) is 11.7. The molecule has 0 saturated carbocycles. The molecule has 1 aromatic heterocycles. The van der Waals surface area contributed by atoms with Crippen molar-refractivity contribution >= 4 is 11.6 Å². The van der Waals surface area contributed by atoms with Crippen LogP contribution in [0.1, 0.15) is 6.92 Å². The fourth-order valence-corrected chi connectivity index (χ4v) is 2.37. The van der Waals surface area contributed by atoms with Crippen LogP contribution in [0.15, 0.2) is 60.9 Å². The summed E-state index contributed by atoms with van der Waals surface area (Å²) in [5.41, 5.74) is 4.11. The minimum Gasteiger partial charge on any atom is -0.497 e. The molecule has 1 N–H and O–H groups in total. The second-order valence-corrected chi connectivity index (χ2v) is 5.28. The van der Waals surface area contributed by atoms with Gasteiger partial charge in [-0.15, -0.1) is 0 Å². The molecule has 5 heteroatoms. The highest BCUT2D eigenvalue weighted by Crippen LogP contribution is 2.25. The lowest BCUT2D eigenvalue weighted by Crippen LogP contribution is -2.05. The Labute approximate surface area is 140 Å². The van der Waals surface area contributed by atoms with Crippen LogP contribution in [0.3, 0.4) is 0 Å². The number of methoxy groups -OCH3 is 1. The summed E-state index contributed by atoms with van der Waals surface area (Å²) in [6, 6.07) is 15.2. The highest BCUT2D eigenvalue weighted by Gasteiger charge is 2.06. The van der Waals surface area contributed by atoms with Gasteiger partial charge >= 0.3 is 0 Å². The monoisotopic (exact) mass is 319 g/mol. The van der Waals surface area contributed by atoms with E-state index in [0.29, 0.717) is 0 Å². The Morgan fingerprint density at radius 3 is 2.38 bits per heavy atom. The zero-order valence-corrected chi connectivity index (χ0v) is 13.5. The topological polar surface area (TPSA) is 64.1 Å². The van der Waals surface area contributed by atoms with E-state index in [1.807, 2.05) is 48.5 Å². The molecule has 0 atom stereocenters. The summed E-state index contributed by atoms with van der Waals surface area (Å²) < 4.78 is 5.17. The Morgan fingerprint density at radius 2 is 1.71 bits per heavy atom. The Balaban J connectivity index is 1.94. The van der Waals surface area contributed by atoms with Gasteiger partial charge in [-0.05, 0) is 36.4 Å². The van der Waals surface area contributed by atoms with E-state index in [0.717, 1.165) is 34.0 Å². The molecule has 0 aliphatic carbocycles. The van der Waals surface area contributed by atoms with Crippen LogP contribution >= 0.6 is 0 Å². The van der Waals surface area contributed by atoms with E-state index in [-0.39, 0.29) is 5.91 Å². The van der Waals surface area contributed by atoms with Crippen LogP contribution < -0.4 is 10.1 Å². The van der Waals surface area contributed by atoms with Crippen molar-refractivity contribution in [3.05, 3.63) is 60.9 Å². The van der Waals surface area contributed by atoms with E-state index < -0.39 is 0 Å². The molecule has 0 aliphatic rings. The van der Waals surface area contributed by atoms with Gasteiger partial charge in [-0.25, -0.2) is 4.98 Å². The summed E-state index contributed by atoms with van der Waals surface area (Å²) in [5, 5.41) is 2.77. The molecule has 120 valence electrons. The van der Waals surface area contributed by atoms with Gasteiger partial charge in [0.2, 0.25) is 5.91 Å². The fourth-order valence-electron chi connectivity index (χ4n) is 2.37. The fraction of sp³-hybridized carbons (Fsp3) is 0.105.